The van der Waals surface area contributed by atoms with Gasteiger partial charge in [-0.25, -0.2) is 0 Å². The minimum Gasteiger partial charge on any atom is -0.399 e. The van der Waals surface area contributed by atoms with Gasteiger partial charge in [0, 0.05) is 29.3 Å². The zero-order valence-electron chi connectivity index (χ0n) is 11.6. The van der Waals surface area contributed by atoms with E-state index in [9.17, 15) is 4.79 Å². The van der Waals surface area contributed by atoms with Crippen LogP contribution in [0.25, 0.3) is 0 Å². The molecule has 0 atom stereocenters. The fourth-order valence-corrected chi connectivity index (χ4v) is 2.41. The van der Waals surface area contributed by atoms with Gasteiger partial charge in [0.1, 0.15) is 0 Å². The van der Waals surface area contributed by atoms with Crippen LogP contribution in [-0.4, -0.2) is 17.9 Å². The number of amides is 1. The van der Waals surface area contributed by atoms with Gasteiger partial charge in [0.05, 0.1) is 6.42 Å². The second-order valence-electron chi connectivity index (χ2n) is 4.90. The average Bonchev–Trinajstić information content (AvgIpc) is 2.44. The van der Waals surface area contributed by atoms with Crippen LogP contribution in [0.5, 0.6) is 0 Å². The maximum Gasteiger partial charge on any atom is 0.227 e. The molecule has 21 heavy (non-hydrogen) atoms. The van der Waals surface area contributed by atoms with E-state index >= 15 is 0 Å². The van der Waals surface area contributed by atoms with Gasteiger partial charge < -0.3 is 10.6 Å². The molecule has 0 saturated carbocycles. The highest BCUT2D eigenvalue weighted by molar-refractivity contribution is 6.35. The Balaban J connectivity index is 2.00. The SMILES string of the molecule is CN(Cc1ccc(Cl)cc1Cl)C(=O)Cc1ccc(N)cc1. The monoisotopic (exact) mass is 322 g/mol. The molecule has 5 heteroatoms. The first-order valence-electron chi connectivity index (χ1n) is 6.48. The molecule has 2 aromatic carbocycles. The van der Waals surface area contributed by atoms with Crippen LogP contribution in [-0.2, 0) is 17.8 Å². The summed E-state index contributed by atoms with van der Waals surface area (Å²) in [5, 5.41) is 1.15. The summed E-state index contributed by atoms with van der Waals surface area (Å²) < 4.78 is 0. The zero-order valence-corrected chi connectivity index (χ0v) is 13.2. The molecule has 110 valence electrons. The summed E-state index contributed by atoms with van der Waals surface area (Å²) in [6, 6.07) is 12.6. The quantitative estimate of drug-likeness (QED) is 0.871. The lowest BCUT2D eigenvalue weighted by Crippen LogP contribution is -2.27. The lowest BCUT2D eigenvalue weighted by Gasteiger charge is -2.18. The van der Waals surface area contributed by atoms with Gasteiger partial charge in [-0.15, -0.1) is 0 Å². The van der Waals surface area contributed by atoms with Crippen molar-refractivity contribution in [3.63, 3.8) is 0 Å². The number of nitrogen functional groups attached to an aromatic ring is 1. The largest absolute Gasteiger partial charge is 0.399 e. The lowest BCUT2D eigenvalue weighted by molar-refractivity contribution is -0.129. The maximum atomic E-state index is 12.2. The number of rotatable bonds is 4. The number of nitrogens with zero attached hydrogens (tertiary/aromatic N) is 1. The van der Waals surface area contributed by atoms with Gasteiger partial charge in [0.25, 0.3) is 0 Å². The lowest BCUT2D eigenvalue weighted by atomic mass is 10.1. The first-order valence-corrected chi connectivity index (χ1v) is 7.23. The van der Waals surface area contributed by atoms with Crippen molar-refractivity contribution in [2.24, 2.45) is 0 Å². The van der Waals surface area contributed by atoms with Gasteiger partial charge >= 0.3 is 0 Å². The van der Waals surface area contributed by atoms with E-state index in [0.29, 0.717) is 28.7 Å². The molecule has 0 unspecified atom stereocenters. The molecule has 0 aromatic heterocycles. The third-order valence-corrected chi connectivity index (χ3v) is 3.77. The number of likely N-dealkylation sites (N-methyl/N-ethyl adjacent to an activating group) is 1. The number of carbonyl (C=O) groups is 1. The van der Waals surface area contributed by atoms with Crippen LogP contribution in [0.15, 0.2) is 42.5 Å². The van der Waals surface area contributed by atoms with Gasteiger partial charge in [-0.2, -0.15) is 0 Å². The van der Waals surface area contributed by atoms with Crippen LogP contribution in [0.2, 0.25) is 10.0 Å². The molecule has 2 aromatic rings. The molecule has 2 rings (SSSR count). The third kappa shape index (κ3) is 4.38. The Kier molecular flexibility index (Phi) is 5.10. The Bertz CT molecular complexity index is 641. The highest BCUT2D eigenvalue weighted by Crippen LogP contribution is 2.22. The number of hydrogen-bond donors (Lipinski definition) is 1. The smallest absolute Gasteiger partial charge is 0.227 e. The molecule has 0 aliphatic carbocycles. The number of nitrogens with two attached hydrogens (primary N) is 1. The van der Waals surface area contributed by atoms with Crippen molar-refractivity contribution in [3.8, 4) is 0 Å². The van der Waals surface area contributed by atoms with Crippen molar-refractivity contribution < 1.29 is 4.79 Å². The molecule has 0 bridgehead atoms. The maximum absolute atomic E-state index is 12.2. The van der Waals surface area contributed by atoms with Crippen molar-refractivity contribution in [2.75, 3.05) is 12.8 Å². The molecule has 0 spiro atoms. The molecule has 0 fully saturated rings. The van der Waals surface area contributed by atoms with Crippen molar-refractivity contribution in [2.45, 2.75) is 13.0 Å². The molecule has 0 saturated heterocycles. The Labute approximate surface area is 134 Å². The Morgan fingerprint density at radius 1 is 1.14 bits per heavy atom. The van der Waals surface area contributed by atoms with E-state index in [4.69, 9.17) is 28.9 Å². The van der Waals surface area contributed by atoms with E-state index in [2.05, 4.69) is 0 Å². The fraction of sp³-hybridized carbons (Fsp3) is 0.188. The first-order chi connectivity index (χ1) is 9.95. The van der Waals surface area contributed by atoms with E-state index in [1.807, 2.05) is 18.2 Å². The summed E-state index contributed by atoms with van der Waals surface area (Å²) in [6.07, 6.45) is 0.335. The second-order valence-corrected chi connectivity index (χ2v) is 5.75. The topological polar surface area (TPSA) is 46.3 Å². The molecule has 2 N–H and O–H groups in total. The molecular formula is C16H16Cl2N2O. The van der Waals surface area contributed by atoms with E-state index in [-0.39, 0.29) is 5.91 Å². The van der Waals surface area contributed by atoms with Crippen LogP contribution in [0.4, 0.5) is 5.69 Å². The molecule has 0 aliphatic rings. The minimum atomic E-state index is 0.0192. The molecule has 0 aliphatic heterocycles. The number of benzene rings is 2. The summed E-state index contributed by atoms with van der Waals surface area (Å²) in [5.41, 5.74) is 8.12. The standard InChI is InChI=1S/C16H16Cl2N2O/c1-20(10-12-4-5-13(17)9-15(12)18)16(21)8-11-2-6-14(19)7-3-11/h2-7,9H,8,10,19H2,1H3. The van der Waals surface area contributed by atoms with E-state index in [0.717, 1.165) is 11.1 Å². The van der Waals surface area contributed by atoms with E-state index < -0.39 is 0 Å². The summed E-state index contributed by atoms with van der Waals surface area (Å²) >= 11 is 12.0. The summed E-state index contributed by atoms with van der Waals surface area (Å²) in [5.74, 6) is 0.0192. The molecular weight excluding hydrogens is 307 g/mol. The number of anilines is 1. The third-order valence-electron chi connectivity index (χ3n) is 3.18. The predicted octanol–water partition coefficient (Wildman–Crippen LogP) is 3.78. The zero-order chi connectivity index (χ0) is 15.4. The summed E-state index contributed by atoms with van der Waals surface area (Å²) in [4.78, 5) is 13.8. The number of carbonyl (C=O) groups excluding carboxylic acids is 1. The van der Waals surface area contributed by atoms with Crippen molar-refractivity contribution >= 4 is 34.8 Å². The van der Waals surface area contributed by atoms with Gasteiger partial charge in [-0.1, -0.05) is 41.4 Å². The van der Waals surface area contributed by atoms with Crippen LogP contribution in [0.3, 0.4) is 0 Å². The fourth-order valence-electron chi connectivity index (χ4n) is 1.94. The van der Waals surface area contributed by atoms with Crippen molar-refractivity contribution in [3.05, 3.63) is 63.6 Å². The number of hydrogen-bond acceptors (Lipinski definition) is 2. The highest BCUT2D eigenvalue weighted by Gasteiger charge is 2.12. The molecule has 0 heterocycles. The average molecular weight is 323 g/mol. The van der Waals surface area contributed by atoms with E-state index in [1.54, 1.807) is 36.2 Å². The summed E-state index contributed by atoms with van der Waals surface area (Å²) in [6.45, 7) is 0.448. The Hall–Kier alpha value is -1.71. The Morgan fingerprint density at radius 2 is 1.81 bits per heavy atom. The minimum absolute atomic E-state index is 0.0192. The molecule has 3 nitrogen and oxygen atoms in total. The molecule has 1 amide bonds. The summed E-state index contributed by atoms with van der Waals surface area (Å²) in [7, 11) is 1.75. The Morgan fingerprint density at radius 3 is 2.43 bits per heavy atom. The van der Waals surface area contributed by atoms with Gasteiger partial charge in [0.2, 0.25) is 5.91 Å². The van der Waals surface area contributed by atoms with Crippen LogP contribution in [0, 0.1) is 0 Å². The van der Waals surface area contributed by atoms with E-state index in [1.165, 1.54) is 0 Å². The van der Waals surface area contributed by atoms with Crippen molar-refractivity contribution in [1.82, 2.24) is 4.90 Å². The van der Waals surface area contributed by atoms with Gasteiger partial charge in [-0.05, 0) is 35.4 Å². The normalized spacial score (nSPS) is 10.4. The van der Waals surface area contributed by atoms with Crippen LogP contribution >= 0.6 is 23.2 Å². The van der Waals surface area contributed by atoms with Gasteiger partial charge in [0.15, 0.2) is 0 Å². The predicted molar refractivity (Wildman–Crippen MR) is 87.5 cm³/mol. The highest BCUT2D eigenvalue weighted by atomic mass is 35.5. The van der Waals surface area contributed by atoms with Crippen LogP contribution < -0.4 is 5.73 Å². The molecule has 0 radical (unpaired) electrons. The second kappa shape index (κ2) is 6.83. The number of halogens is 2. The van der Waals surface area contributed by atoms with Crippen molar-refractivity contribution in [1.29, 1.82) is 0 Å². The van der Waals surface area contributed by atoms with Gasteiger partial charge in [-0.3, -0.25) is 4.79 Å². The first kappa shape index (κ1) is 15.7. The van der Waals surface area contributed by atoms with Crippen LogP contribution in [0.1, 0.15) is 11.1 Å².